The molecule has 0 unspecified atom stereocenters. The van der Waals surface area contributed by atoms with Crippen molar-refractivity contribution >= 4 is 22.8 Å². The smallest absolute Gasteiger partial charge is 0.322 e. The number of fused-ring (bicyclic) bond motifs is 1. The van der Waals surface area contributed by atoms with Crippen LogP contribution in [0.3, 0.4) is 0 Å². The predicted molar refractivity (Wildman–Crippen MR) is 79.7 cm³/mol. The Bertz CT molecular complexity index is 636. The van der Waals surface area contributed by atoms with E-state index in [0.29, 0.717) is 30.3 Å². The maximum absolute atomic E-state index is 12.1. The number of carbonyl (C=O) groups is 1. The Labute approximate surface area is 117 Å². The van der Waals surface area contributed by atoms with Crippen molar-refractivity contribution in [3.63, 3.8) is 0 Å². The van der Waals surface area contributed by atoms with Gasteiger partial charge in [0.15, 0.2) is 11.5 Å². The van der Waals surface area contributed by atoms with Crippen LogP contribution in [0.4, 0.5) is 10.5 Å². The zero-order valence-electron chi connectivity index (χ0n) is 11.4. The molecular weight excluding hydrogens is 254 g/mol. The zero-order chi connectivity index (χ0) is 14.5. The van der Waals surface area contributed by atoms with E-state index in [-0.39, 0.29) is 6.03 Å². The van der Waals surface area contributed by atoms with Gasteiger partial charge in [0.05, 0.1) is 0 Å². The molecule has 5 heteroatoms. The van der Waals surface area contributed by atoms with Crippen molar-refractivity contribution in [2.75, 3.05) is 18.4 Å². The minimum Gasteiger partial charge on any atom is -0.441 e. The molecule has 0 fully saturated rings. The molecule has 0 aliphatic carbocycles. The Kier molecular flexibility index (Phi) is 4.20. The number of benzene rings is 1. The highest BCUT2D eigenvalue weighted by atomic mass is 16.3. The lowest BCUT2D eigenvalue weighted by atomic mass is 10.3. The van der Waals surface area contributed by atoms with Gasteiger partial charge in [-0.05, 0) is 18.2 Å². The Morgan fingerprint density at radius 1 is 1.40 bits per heavy atom. The van der Waals surface area contributed by atoms with Crippen LogP contribution in [0, 0.1) is 6.92 Å². The van der Waals surface area contributed by atoms with E-state index in [1.54, 1.807) is 42.2 Å². The van der Waals surface area contributed by atoms with Crippen LogP contribution in [0.25, 0.3) is 11.1 Å². The fraction of sp³-hybridized carbons (Fsp3) is 0.200. The monoisotopic (exact) mass is 271 g/mol. The Morgan fingerprint density at radius 3 is 2.75 bits per heavy atom. The van der Waals surface area contributed by atoms with Crippen molar-refractivity contribution in [1.82, 2.24) is 9.88 Å². The van der Waals surface area contributed by atoms with E-state index in [1.807, 2.05) is 0 Å². The summed E-state index contributed by atoms with van der Waals surface area (Å²) in [7, 11) is 0. The standard InChI is InChI=1S/C15H17N3O2/c1-4-8-18(9-5-2)15(19)17-12-6-7-14-13(10-12)16-11(3)20-14/h4-7,10H,1-2,8-9H2,3H3,(H,17,19). The van der Waals surface area contributed by atoms with Crippen molar-refractivity contribution in [1.29, 1.82) is 0 Å². The minimum atomic E-state index is -0.204. The topological polar surface area (TPSA) is 58.4 Å². The number of amides is 2. The molecule has 5 nitrogen and oxygen atoms in total. The summed E-state index contributed by atoms with van der Waals surface area (Å²) in [4.78, 5) is 17.9. The van der Waals surface area contributed by atoms with Crippen LogP contribution in [-0.2, 0) is 0 Å². The molecular formula is C15H17N3O2. The van der Waals surface area contributed by atoms with Gasteiger partial charge < -0.3 is 14.6 Å². The number of nitrogens with zero attached hydrogens (tertiary/aromatic N) is 2. The molecule has 2 aromatic rings. The van der Waals surface area contributed by atoms with Gasteiger partial charge in [-0.1, -0.05) is 12.2 Å². The number of hydrogen-bond donors (Lipinski definition) is 1. The molecule has 2 rings (SSSR count). The second-order valence-corrected chi connectivity index (χ2v) is 4.33. The van der Waals surface area contributed by atoms with Crippen LogP contribution < -0.4 is 5.32 Å². The molecule has 20 heavy (non-hydrogen) atoms. The maximum atomic E-state index is 12.1. The van der Waals surface area contributed by atoms with E-state index >= 15 is 0 Å². The molecule has 0 saturated heterocycles. The van der Waals surface area contributed by atoms with Gasteiger partial charge in [0.25, 0.3) is 0 Å². The number of nitrogens with one attached hydrogen (secondary N) is 1. The number of aromatic nitrogens is 1. The Balaban J connectivity index is 2.15. The normalized spacial score (nSPS) is 10.2. The van der Waals surface area contributed by atoms with E-state index in [1.165, 1.54) is 0 Å². The summed E-state index contributed by atoms with van der Waals surface area (Å²) in [5.41, 5.74) is 2.10. The molecule has 104 valence electrons. The molecule has 0 aliphatic rings. The molecule has 0 spiro atoms. The molecule has 1 N–H and O–H groups in total. The lowest BCUT2D eigenvalue weighted by Crippen LogP contribution is -2.35. The first kappa shape index (κ1) is 13.9. The van der Waals surface area contributed by atoms with Gasteiger partial charge in [-0.3, -0.25) is 0 Å². The van der Waals surface area contributed by atoms with Crippen molar-refractivity contribution in [2.24, 2.45) is 0 Å². The first-order valence-electron chi connectivity index (χ1n) is 6.29. The summed E-state index contributed by atoms with van der Waals surface area (Å²) < 4.78 is 5.39. The largest absolute Gasteiger partial charge is 0.441 e. The van der Waals surface area contributed by atoms with Crippen molar-refractivity contribution in [3.05, 3.63) is 49.4 Å². The number of rotatable bonds is 5. The van der Waals surface area contributed by atoms with E-state index in [2.05, 4.69) is 23.5 Å². The highest BCUT2D eigenvalue weighted by Gasteiger charge is 2.11. The number of oxazole rings is 1. The average molecular weight is 271 g/mol. The third-order valence-electron chi connectivity index (χ3n) is 2.73. The van der Waals surface area contributed by atoms with Gasteiger partial charge in [-0.25, -0.2) is 9.78 Å². The lowest BCUT2D eigenvalue weighted by molar-refractivity contribution is 0.222. The molecule has 1 aromatic heterocycles. The number of aryl methyl sites for hydroxylation is 1. The van der Waals surface area contributed by atoms with E-state index in [0.717, 1.165) is 5.52 Å². The number of carbonyl (C=O) groups excluding carboxylic acids is 1. The van der Waals surface area contributed by atoms with Crippen LogP contribution in [0.1, 0.15) is 5.89 Å². The van der Waals surface area contributed by atoms with Gasteiger partial charge >= 0.3 is 6.03 Å². The maximum Gasteiger partial charge on any atom is 0.322 e. The van der Waals surface area contributed by atoms with Crippen LogP contribution in [-0.4, -0.2) is 29.0 Å². The number of anilines is 1. The fourth-order valence-electron chi connectivity index (χ4n) is 1.87. The predicted octanol–water partition coefficient (Wildman–Crippen LogP) is 3.34. The van der Waals surface area contributed by atoms with Crippen molar-refractivity contribution in [3.8, 4) is 0 Å². The van der Waals surface area contributed by atoms with E-state index in [9.17, 15) is 4.79 Å². The fourth-order valence-corrected chi connectivity index (χ4v) is 1.87. The first-order valence-corrected chi connectivity index (χ1v) is 6.29. The number of hydrogen-bond acceptors (Lipinski definition) is 3. The van der Waals surface area contributed by atoms with Gasteiger partial charge in [0, 0.05) is 25.7 Å². The molecule has 1 aromatic carbocycles. The highest BCUT2D eigenvalue weighted by molar-refractivity contribution is 5.91. The molecule has 0 saturated carbocycles. The molecule has 0 aliphatic heterocycles. The lowest BCUT2D eigenvalue weighted by Gasteiger charge is -2.19. The summed E-state index contributed by atoms with van der Waals surface area (Å²) in [6, 6.07) is 5.15. The summed E-state index contributed by atoms with van der Waals surface area (Å²) in [6.07, 6.45) is 3.35. The van der Waals surface area contributed by atoms with Gasteiger partial charge in [-0.2, -0.15) is 0 Å². The third kappa shape index (κ3) is 3.06. The number of urea groups is 1. The van der Waals surface area contributed by atoms with Crippen LogP contribution in [0.15, 0.2) is 47.9 Å². The Hall–Kier alpha value is -2.56. The molecule has 0 atom stereocenters. The molecule has 0 radical (unpaired) electrons. The van der Waals surface area contributed by atoms with Gasteiger partial charge in [-0.15, -0.1) is 13.2 Å². The average Bonchev–Trinajstić information content (AvgIpc) is 2.77. The second kappa shape index (κ2) is 6.06. The quantitative estimate of drug-likeness (QED) is 0.848. The van der Waals surface area contributed by atoms with Crippen molar-refractivity contribution < 1.29 is 9.21 Å². The van der Waals surface area contributed by atoms with Crippen LogP contribution in [0.5, 0.6) is 0 Å². The van der Waals surface area contributed by atoms with Gasteiger partial charge in [0.2, 0.25) is 0 Å². The summed E-state index contributed by atoms with van der Waals surface area (Å²) >= 11 is 0. The summed E-state index contributed by atoms with van der Waals surface area (Å²) in [6.45, 7) is 9.98. The highest BCUT2D eigenvalue weighted by Crippen LogP contribution is 2.19. The molecule has 0 bridgehead atoms. The second-order valence-electron chi connectivity index (χ2n) is 4.33. The van der Waals surface area contributed by atoms with E-state index < -0.39 is 0 Å². The summed E-state index contributed by atoms with van der Waals surface area (Å²) in [5.74, 6) is 0.600. The van der Waals surface area contributed by atoms with Crippen molar-refractivity contribution in [2.45, 2.75) is 6.92 Å². The Morgan fingerprint density at radius 2 is 2.10 bits per heavy atom. The zero-order valence-corrected chi connectivity index (χ0v) is 11.4. The van der Waals surface area contributed by atoms with Crippen LogP contribution >= 0.6 is 0 Å². The SMILES string of the molecule is C=CCN(CC=C)C(=O)Nc1ccc2oc(C)nc2c1. The molecule has 1 heterocycles. The molecule has 2 amide bonds. The summed E-state index contributed by atoms with van der Waals surface area (Å²) in [5, 5.41) is 2.82. The third-order valence-corrected chi connectivity index (χ3v) is 2.73. The van der Waals surface area contributed by atoms with E-state index in [4.69, 9.17) is 4.42 Å². The minimum absolute atomic E-state index is 0.204. The van der Waals surface area contributed by atoms with Crippen LogP contribution in [0.2, 0.25) is 0 Å². The van der Waals surface area contributed by atoms with Gasteiger partial charge in [0.1, 0.15) is 5.52 Å². The first-order chi connectivity index (χ1) is 9.63.